The van der Waals surface area contributed by atoms with Crippen LogP contribution in [0, 0.1) is 0 Å². The predicted molar refractivity (Wildman–Crippen MR) is 78.7 cm³/mol. The number of nitrogens with two attached hydrogens (primary N) is 1. The third-order valence-corrected chi connectivity index (χ3v) is 4.04. The van der Waals surface area contributed by atoms with Crippen LogP contribution in [0.1, 0.15) is 31.3 Å². The first kappa shape index (κ1) is 15.1. The van der Waals surface area contributed by atoms with Crippen LogP contribution >= 0.6 is 15.9 Å². The van der Waals surface area contributed by atoms with E-state index in [1.807, 2.05) is 38.1 Å². The van der Waals surface area contributed by atoms with Gasteiger partial charge in [-0.2, -0.15) is 0 Å². The Morgan fingerprint density at radius 3 is 2.60 bits per heavy atom. The van der Waals surface area contributed by atoms with Gasteiger partial charge in [-0.1, -0.05) is 28.1 Å². The normalized spacial score (nSPS) is 12.1. The van der Waals surface area contributed by atoms with Crippen LogP contribution in [0.3, 0.4) is 0 Å². The maximum Gasteiger partial charge on any atom is 0.273 e. The van der Waals surface area contributed by atoms with Gasteiger partial charge in [0.15, 0.2) is 0 Å². The summed E-state index contributed by atoms with van der Waals surface area (Å²) < 4.78 is 25.6. The molecule has 0 unspecified atom stereocenters. The molecule has 6 nitrogen and oxygen atoms in total. The van der Waals surface area contributed by atoms with Crippen LogP contribution in [-0.4, -0.2) is 23.2 Å². The van der Waals surface area contributed by atoms with Crippen molar-refractivity contribution in [2.45, 2.75) is 31.5 Å². The van der Waals surface area contributed by atoms with E-state index in [0.717, 1.165) is 10.0 Å². The van der Waals surface area contributed by atoms with Crippen molar-refractivity contribution in [3.8, 4) is 0 Å². The Labute approximate surface area is 126 Å². The molecule has 0 saturated heterocycles. The maximum absolute atomic E-state index is 11.5. The van der Waals surface area contributed by atoms with Gasteiger partial charge in [0, 0.05) is 16.9 Å². The number of primary sulfonamides is 1. The number of halogens is 1. The van der Waals surface area contributed by atoms with Crippen LogP contribution in [-0.2, 0) is 16.4 Å². The zero-order valence-electron chi connectivity index (χ0n) is 11.1. The molecule has 1 aromatic heterocycles. The van der Waals surface area contributed by atoms with E-state index >= 15 is 0 Å². The minimum Gasteiger partial charge on any atom is -0.298 e. The summed E-state index contributed by atoms with van der Waals surface area (Å²) in [6.07, 6.45) is 0.486. The summed E-state index contributed by atoms with van der Waals surface area (Å²) in [5.41, 5.74) is 1.01. The number of aromatic nitrogens is 3. The second-order valence-corrected chi connectivity index (χ2v) is 7.09. The summed E-state index contributed by atoms with van der Waals surface area (Å²) in [4.78, 5) is 0. The van der Waals surface area contributed by atoms with Gasteiger partial charge in [-0.05, 0) is 31.5 Å². The topological polar surface area (TPSA) is 90.9 Å². The lowest BCUT2D eigenvalue weighted by molar-refractivity contribution is 0.507. The highest BCUT2D eigenvalue weighted by atomic mass is 79.9. The molecule has 2 rings (SSSR count). The lowest BCUT2D eigenvalue weighted by Gasteiger charge is -2.13. The molecular weight excluding hydrogens is 344 g/mol. The lowest BCUT2D eigenvalue weighted by atomic mass is 10.1. The molecule has 1 heterocycles. The average molecular weight is 359 g/mol. The highest BCUT2D eigenvalue weighted by molar-refractivity contribution is 9.10. The lowest BCUT2D eigenvalue weighted by Crippen LogP contribution is -2.20. The Morgan fingerprint density at radius 2 is 2.05 bits per heavy atom. The molecule has 1 aromatic carbocycles. The number of nitrogens with zero attached hydrogens (tertiary/aromatic N) is 3. The van der Waals surface area contributed by atoms with Crippen LogP contribution in [0.5, 0.6) is 0 Å². The quantitative estimate of drug-likeness (QED) is 0.902. The Bertz CT molecular complexity index is 725. The van der Waals surface area contributed by atoms with E-state index < -0.39 is 10.0 Å². The summed E-state index contributed by atoms with van der Waals surface area (Å²) in [7, 11) is -3.88. The van der Waals surface area contributed by atoms with Gasteiger partial charge in [0.25, 0.3) is 15.2 Å². The fraction of sp³-hybridized carbons (Fsp3) is 0.333. The number of hydrogen-bond donors (Lipinski definition) is 1. The monoisotopic (exact) mass is 358 g/mol. The van der Waals surface area contributed by atoms with Gasteiger partial charge < -0.3 is 0 Å². The molecule has 0 amide bonds. The van der Waals surface area contributed by atoms with E-state index in [9.17, 15) is 8.42 Å². The highest BCUT2D eigenvalue weighted by Crippen LogP contribution is 2.19. The van der Waals surface area contributed by atoms with Crippen LogP contribution < -0.4 is 5.14 Å². The Kier molecular flexibility index (Phi) is 4.26. The van der Waals surface area contributed by atoms with E-state index in [-0.39, 0.29) is 11.2 Å². The molecule has 0 aliphatic rings. The Morgan fingerprint density at radius 1 is 1.35 bits per heavy atom. The third kappa shape index (κ3) is 3.25. The number of sulfonamides is 1. The Hall–Kier alpha value is -1.25. The van der Waals surface area contributed by atoms with Gasteiger partial charge in [-0.25, -0.2) is 13.6 Å². The molecule has 0 atom stereocenters. The van der Waals surface area contributed by atoms with Crippen LogP contribution in [0.25, 0.3) is 0 Å². The van der Waals surface area contributed by atoms with Crippen molar-refractivity contribution in [1.29, 1.82) is 0 Å². The minimum absolute atomic E-state index is 0.0968. The molecule has 0 spiro atoms. The van der Waals surface area contributed by atoms with E-state index in [1.165, 1.54) is 0 Å². The molecule has 8 heteroatoms. The summed E-state index contributed by atoms with van der Waals surface area (Å²) in [6, 6.07) is 7.64. The average Bonchev–Trinajstić information content (AvgIpc) is 2.72. The third-order valence-electron chi connectivity index (χ3n) is 2.76. The smallest absolute Gasteiger partial charge is 0.273 e. The van der Waals surface area contributed by atoms with Gasteiger partial charge in [0.2, 0.25) is 0 Å². The second-order valence-electron chi connectivity index (χ2n) is 4.71. The molecular formula is C12H15BrN4O2S. The van der Waals surface area contributed by atoms with Gasteiger partial charge in [-0.3, -0.25) is 4.57 Å². The molecule has 2 aromatic rings. The fourth-order valence-corrected chi connectivity index (χ4v) is 3.16. The molecule has 2 N–H and O–H groups in total. The van der Waals surface area contributed by atoms with Crippen molar-refractivity contribution >= 4 is 26.0 Å². The largest absolute Gasteiger partial charge is 0.298 e. The van der Waals surface area contributed by atoms with Crippen molar-refractivity contribution in [3.05, 3.63) is 40.1 Å². The first-order valence-electron chi connectivity index (χ1n) is 6.00. The molecule has 0 saturated carbocycles. The van der Waals surface area contributed by atoms with E-state index in [2.05, 4.69) is 26.1 Å². The number of hydrogen-bond acceptors (Lipinski definition) is 4. The first-order valence-corrected chi connectivity index (χ1v) is 8.34. The molecule has 0 fully saturated rings. The zero-order valence-corrected chi connectivity index (χ0v) is 13.5. The van der Waals surface area contributed by atoms with Gasteiger partial charge in [0.1, 0.15) is 5.82 Å². The van der Waals surface area contributed by atoms with Gasteiger partial charge in [0.05, 0.1) is 0 Å². The van der Waals surface area contributed by atoms with Crippen molar-refractivity contribution in [2.75, 3.05) is 0 Å². The molecule has 108 valence electrons. The maximum atomic E-state index is 11.5. The summed E-state index contributed by atoms with van der Waals surface area (Å²) >= 11 is 3.40. The van der Waals surface area contributed by atoms with Crippen molar-refractivity contribution < 1.29 is 8.42 Å². The fourth-order valence-electron chi connectivity index (χ4n) is 1.97. The van der Waals surface area contributed by atoms with Gasteiger partial charge >= 0.3 is 0 Å². The SMILES string of the molecule is CC(C)n1c(Cc2cccc(Br)c2)nnc1S(N)(=O)=O. The predicted octanol–water partition coefficient (Wildman–Crippen LogP) is 1.86. The summed E-state index contributed by atoms with van der Waals surface area (Å²) in [5, 5.41) is 12.7. The molecule has 20 heavy (non-hydrogen) atoms. The van der Waals surface area contributed by atoms with E-state index in [4.69, 9.17) is 5.14 Å². The molecule has 0 bridgehead atoms. The van der Waals surface area contributed by atoms with E-state index in [0.29, 0.717) is 12.2 Å². The van der Waals surface area contributed by atoms with Crippen molar-refractivity contribution in [2.24, 2.45) is 5.14 Å². The molecule has 0 aliphatic carbocycles. The highest BCUT2D eigenvalue weighted by Gasteiger charge is 2.22. The summed E-state index contributed by atoms with van der Waals surface area (Å²) in [5.74, 6) is 0.571. The van der Waals surface area contributed by atoms with Gasteiger partial charge in [-0.15, -0.1) is 10.2 Å². The van der Waals surface area contributed by atoms with Crippen LogP contribution in [0.15, 0.2) is 33.9 Å². The number of benzene rings is 1. The second kappa shape index (κ2) is 5.63. The standard InChI is InChI=1S/C12H15BrN4O2S/c1-8(2)17-11(15-16-12(17)20(14,18)19)7-9-4-3-5-10(13)6-9/h3-6,8H,7H2,1-2H3,(H2,14,18,19). The molecule has 0 radical (unpaired) electrons. The zero-order chi connectivity index (χ0) is 14.9. The first-order chi connectivity index (χ1) is 9.29. The van der Waals surface area contributed by atoms with Crippen molar-refractivity contribution in [1.82, 2.24) is 14.8 Å². The van der Waals surface area contributed by atoms with Crippen molar-refractivity contribution in [3.63, 3.8) is 0 Å². The minimum atomic E-state index is -3.88. The van der Waals surface area contributed by atoms with Crippen LogP contribution in [0.4, 0.5) is 0 Å². The summed E-state index contributed by atoms with van der Waals surface area (Å²) in [6.45, 7) is 3.73. The van der Waals surface area contributed by atoms with Crippen LogP contribution in [0.2, 0.25) is 0 Å². The number of rotatable bonds is 4. The van der Waals surface area contributed by atoms with E-state index in [1.54, 1.807) is 4.57 Å². The molecule has 0 aliphatic heterocycles. The Balaban J connectivity index is 2.45.